The molecule has 1 aromatic rings. The van der Waals surface area contributed by atoms with E-state index in [4.69, 9.17) is 15.8 Å². The Balaban J connectivity index is 2.97. The Bertz CT molecular complexity index is 289. The summed E-state index contributed by atoms with van der Waals surface area (Å²) in [6.07, 6.45) is 1.86. The van der Waals surface area contributed by atoms with Gasteiger partial charge in [0.2, 0.25) is 0 Å². The molecule has 13 heavy (non-hydrogen) atoms. The molecule has 0 aliphatic heterocycles. The molecule has 4 N–H and O–H groups in total. The van der Waals surface area contributed by atoms with Gasteiger partial charge in [0.1, 0.15) is 0 Å². The highest BCUT2D eigenvalue weighted by atomic mass is 16.4. The number of benzene rings is 1. The van der Waals surface area contributed by atoms with Crippen LogP contribution in [0.25, 0.3) is 0 Å². The number of hydrogen-bond acceptors (Lipinski definition) is 3. The average Bonchev–Trinajstić information content (AvgIpc) is 2.08. The lowest BCUT2D eigenvalue weighted by molar-refractivity contribution is 0.425. The first-order valence-corrected chi connectivity index (χ1v) is 4.39. The molecule has 0 atom stereocenters. The Hall–Kier alpha value is -0.995. The van der Waals surface area contributed by atoms with Gasteiger partial charge < -0.3 is 15.8 Å². The highest BCUT2D eigenvalue weighted by Gasteiger charge is 2.11. The molecule has 0 bridgehead atoms. The third-order valence-electron chi connectivity index (χ3n) is 1.98. The van der Waals surface area contributed by atoms with E-state index < -0.39 is 7.12 Å². The van der Waals surface area contributed by atoms with Crippen LogP contribution in [0.3, 0.4) is 0 Å². The molecular formula is C9H14BNO2. The summed E-state index contributed by atoms with van der Waals surface area (Å²) in [6.45, 7) is 2.06. The van der Waals surface area contributed by atoms with Crippen molar-refractivity contribution in [1.82, 2.24) is 0 Å². The maximum atomic E-state index is 8.92. The molecule has 0 aliphatic carbocycles. The van der Waals surface area contributed by atoms with Crippen molar-refractivity contribution in [3.8, 4) is 0 Å². The van der Waals surface area contributed by atoms with Crippen LogP contribution in [0.15, 0.2) is 18.2 Å². The standard InChI is InChI=1S/C9H14BNO2/c1-2-3-7-6-8(10(12)13)4-5-9(7)11/h4-6,12-13H,2-3,11H2,1H3. The van der Waals surface area contributed by atoms with E-state index in [2.05, 4.69) is 6.92 Å². The van der Waals surface area contributed by atoms with Crippen molar-refractivity contribution in [2.24, 2.45) is 0 Å². The van der Waals surface area contributed by atoms with Crippen molar-refractivity contribution in [1.29, 1.82) is 0 Å². The minimum absolute atomic E-state index is 0.498. The van der Waals surface area contributed by atoms with Crippen LogP contribution in [-0.4, -0.2) is 17.2 Å². The summed E-state index contributed by atoms with van der Waals surface area (Å²) in [5.41, 5.74) is 7.90. The molecule has 0 saturated heterocycles. The van der Waals surface area contributed by atoms with E-state index in [1.165, 1.54) is 0 Å². The molecule has 0 fully saturated rings. The van der Waals surface area contributed by atoms with E-state index in [1.807, 2.05) is 0 Å². The van der Waals surface area contributed by atoms with E-state index in [-0.39, 0.29) is 0 Å². The predicted molar refractivity (Wildman–Crippen MR) is 54.7 cm³/mol. The summed E-state index contributed by atoms with van der Waals surface area (Å²) < 4.78 is 0. The van der Waals surface area contributed by atoms with Crippen LogP contribution < -0.4 is 11.2 Å². The first kappa shape index (κ1) is 10.1. The maximum Gasteiger partial charge on any atom is 0.488 e. The van der Waals surface area contributed by atoms with Gasteiger partial charge in [0.05, 0.1) is 0 Å². The highest BCUT2D eigenvalue weighted by molar-refractivity contribution is 6.58. The number of hydrogen-bond donors (Lipinski definition) is 3. The summed E-state index contributed by atoms with van der Waals surface area (Å²) in [5.74, 6) is 0. The smallest absolute Gasteiger partial charge is 0.423 e. The number of anilines is 1. The van der Waals surface area contributed by atoms with Crippen molar-refractivity contribution >= 4 is 18.3 Å². The van der Waals surface area contributed by atoms with Gasteiger partial charge in [0.25, 0.3) is 0 Å². The summed E-state index contributed by atoms with van der Waals surface area (Å²) in [4.78, 5) is 0. The zero-order valence-electron chi connectivity index (χ0n) is 7.70. The molecule has 3 nitrogen and oxygen atoms in total. The Morgan fingerprint density at radius 1 is 1.38 bits per heavy atom. The minimum atomic E-state index is -1.41. The summed E-state index contributed by atoms with van der Waals surface area (Å²) in [7, 11) is -1.41. The zero-order chi connectivity index (χ0) is 9.84. The normalized spacial score (nSPS) is 10.1. The maximum absolute atomic E-state index is 8.92. The molecule has 1 aromatic carbocycles. The molecule has 0 spiro atoms. The van der Waals surface area contributed by atoms with E-state index >= 15 is 0 Å². The first-order valence-electron chi connectivity index (χ1n) is 4.39. The van der Waals surface area contributed by atoms with Gasteiger partial charge in [-0.05, 0) is 23.5 Å². The molecule has 4 heteroatoms. The largest absolute Gasteiger partial charge is 0.488 e. The van der Waals surface area contributed by atoms with E-state index in [0.29, 0.717) is 11.2 Å². The van der Waals surface area contributed by atoms with Crippen LogP contribution in [0.2, 0.25) is 0 Å². The van der Waals surface area contributed by atoms with Crippen LogP contribution >= 0.6 is 0 Å². The molecule has 70 valence electrons. The fourth-order valence-corrected chi connectivity index (χ4v) is 1.27. The minimum Gasteiger partial charge on any atom is -0.423 e. The lowest BCUT2D eigenvalue weighted by Crippen LogP contribution is -2.30. The van der Waals surface area contributed by atoms with Crippen LogP contribution in [0.1, 0.15) is 18.9 Å². The van der Waals surface area contributed by atoms with Crippen molar-refractivity contribution in [3.63, 3.8) is 0 Å². The average molecular weight is 179 g/mol. The van der Waals surface area contributed by atoms with Crippen LogP contribution in [0.4, 0.5) is 5.69 Å². The van der Waals surface area contributed by atoms with E-state index in [9.17, 15) is 0 Å². The Morgan fingerprint density at radius 3 is 2.62 bits per heavy atom. The lowest BCUT2D eigenvalue weighted by Gasteiger charge is -2.06. The molecule has 0 aliphatic rings. The molecule has 0 aromatic heterocycles. The van der Waals surface area contributed by atoms with Gasteiger partial charge >= 0.3 is 7.12 Å². The number of aryl methyl sites for hydroxylation is 1. The molecule has 1 rings (SSSR count). The van der Waals surface area contributed by atoms with E-state index in [1.54, 1.807) is 18.2 Å². The number of nitrogens with two attached hydrogens (primary N) is 1. The van der Waals surface area contributed by atoms with Crippen molar-refractivity contribution in [3.05, 3.63) is 23.8 Å². The molecule has 0 heterocycles. The number of nitrogen functional groups attached to an aromatic ring is 1. The molecule has 0 radical (unpaired) electrons. The summed E-state index contributed by atoms with van der Waals surface area (Å²) >= 11 is 0. The van der Waals surface area contributed by atoms with Crippen molar-refractivity contribution < 1.29 is 10.0 Å². The Morgan fingerprint density at radius 2 is 2.08 bits per heavy atom. The second-order valence-electron chi connectivity index (χ2n) is 3.08. The second-order valence-corrected chi connectivity index (χ2v) is 3.08. The summed E-state index contributed by atoms with van der Waals surface area (Å²) in [5, 5.41) is 17.8. The third kappa shape index (κ3) is 2.47. The van der Waals surface area contributed by atoms with Crippen molar-refractivity contribution in [2.75, 3.05) is 5.73 Å². The van der Waals surface area contributed by atoms with Gasteiger partial charge in [0, 0.05) is 5.69 Å². The van der Waals surface area contributed by atoms with Gasteiger partial charge in [0.15, 0.2) is 0 Å². The van der Waals surface area contributed by atoms with Gasteiger partial charge in [-0.25, -0.2) is 0 Å². The van der Waals surface area contributed by atoms with Gasteiger partial charge in [-0.1, -0.05) is 25.5 Å². The summed E-state index contributed by atoms with van der Waals surface area (Å²) in [6, 6.07) is 5.07. The Kier molecular flexibility index (Phi) is 3.34. The second kappa shape index (κ2) is 4.30. The number of rotatable bonds is 3. The van der Waals surface area contributed by atoms with Crippen molar-refractivity contribution in [2.45, 2.75) is 19.8 Å². The fourth-order valence-electron chi connectivity index (χ4n) is 1.27. The Labute approximate surface area is 78.3 Å². The molecule has 0 unspecified atom stereocenters. The molecular weight excluding hydrogens is 165 g/mol. The fraction of sp³-hybridized carbons (Fsp3) is 0.333. The highest BCUT2D eigenvalue weighted by Crippen LogP contribution is 2.11. The van der Waals surface area contributed by atoms with Gasteiger partial charge in [-0.2, -0.15) is 0 Å². The zero-order valence-corrected chi connectivity index (χ0v) is 7.70. The molecule has 0 amide bonds. The topological polar surface area (TPSA) is 66.5 Å². The van der Waals surface area contributed by atoms with Gasteiger partial charge in [-0.15, -0.1) is 0 Å². The monoisotopic (exact) mass is 179 g/mol. The van der Waals surface area contributed by atoms with Crippen LogP contribution in [-0.2, 0) is 6.42 Å². The quantitative estimate of drug-likeness (QED) is 0.448. The SMILES string of the molecule is CCCc1cc(B(O)O)ccc1N. The van der Waals surface area contributed by atoms with Crippen LogP contribution in [0, 0.1) is 0 Å². The lowest BCUT2D eigenvalue weighted by atomic mass is 9.79. The van der Waals surface area contributed by atoms with Crippen LogP contribution in [0.5, 0.6) is 0 Å². The van der Waals surface area contributed by atoms with E-state index in [0.717, 1.165) is 18.4 Å². The van der Waals surface area contributed by atoms with Gasteiger partial charge in [-0.3, -0.25) is 0 Å². The first-order chi connectivity index (χ1) is 6.15. The molecule has 0 saturated carbocycles. The predicted octanol–water partition coefficient (Wildman–Crippen LogP) is -0.0989. The third-order valence-corrected chi connectivity index (χ3v) is 1.98.